The Morgan fingerprint density at radius 3 is 2.95 bits per heavy atom. The lowest BCUT2D eigenvalue weighted by atomic mass is 10.2. The minimum absolute atomic E-state index is 0.0203. The van der Waals surface area contributed by atoms with Gasteiger partial charge >= 0.3 is 0 Å². The van der Waals surface area contributed by atoms with Gasteiger partial charge in [0.2, 0.25) is 0 Å². The third-order valence-corrected chi connectivity index (χ3v) is 3.94. The third-order valence-electron chi connectivity index (χ3n) is 2.80. The van der Waals surface area contributed by atoms with Crippen LogP contribution in [0.15, 0.2) is 17.1 Å². The Hall–Kier alpha value is -1.53. The molecular weight excluding hydrogens is 260 g/mol. The van der Waals surface area contributed by atoms with Crippen LogP contribution in [-0.4, -0.2) is 21.7 Å². The molecule has 0 aliphatic heterocycles. The number of hydrogen-bond acceptors (Lipinski definition) is 5. The van der Waals surface area contributed by atoms with Crippen molar-refractivity contribution in [3.63, 3.8) is 0 Å². The normalized spacial score (nSPS) is 12.6. The van der Waals surface area contributed by atoms with E-state index in [9.17, 15) is 4.79 Å². The fraction of sp³-hybridized carbons (Fsp3) is 0.462. The molecule has 1 unspecified atom stereocenters. The molecular formula is C13H18N4OS. The molecule has 2 rings (SSSR count). The molecule has 2 aromatic heterocycles. The summed E-state index contributed by atoms with van der Waals surface area (Å²) in [5.41, 5.74) is 1.40. The molecule has 0 amide bonds. The topological polar surface area (TPSA) is 70.7 Å². The van der Waals surface area contributed by atoms with Crippen LogP contribution in [-0.2, 0) is 0 Å². The Kier molecular flexibility index (Phi) is 4.44. The van der Waals surface area contributed by atoms with Gasteiger partial charge in [0.15, 0.2) is 10.4 Å². The lowest BCUT2D eigenvalue weighted by molar-refractivity contribution is 0.564. The summed E-state index contributed by atoms with van der Waals surface area (Å²) in [6.07, 6.45) is 2.78. The zero-order chi connectivity index (χ0) is 13.8. The van der Waals surface area contributed by atoms with Crippen molar-refractivity contribution in [1.82, 2.24) is 20.5 Å². The van der Waals surface area contributed by atoms with Crippen molar-refractivity contribution in [2.24, 2.45) is 0 Å². The molecule has 0 aromatic carbocycles. The van der Waals surface area contributed by atoms with E-state index >= 15 is 0 Å². The van der Waals surface area contributed by atoms with Gasteiger partial charge in [-0.2, -0.15) is 0 Å². The Labute approximate surface area is 116 Å². The second kappa shape index (κ2) is 6.08. The van der Waals surface area contributed by atoms with Crippen molar-refractivity contribution in [3.05, 3.63) is 33.2 Å². The van der Waals surface area contributed by atoms with E-state index in [1.54, 1.807) is 12.3 Å². The standard InChI is InChI=1S/C13H18N4OS/c1-4-5-14-9(3)12-16-17-13(19-12)10-7-15-8(2)6-11(10)18/h6-7,9,14H,4-5H2,1-3H3,(H,15,18). The highest BCUT2D eigenvalue weighted by molar-refractivity contribution is 7.14. The fourth-order valence-corrected chi connectivity index (χ4v) is 2.60. The minimum Gasteiger partial charge on any atom is -0.364 e. The molecule has 0 aliphatic rings. The van der Waals surface area contributed by atoms with Crippen molar-refractivity contribution in [3.8, 4) is 10.6 Å². The van der Waals surface area contributed by atoms with E-state index in [0.29, 0.717) is 10.6 Å². The summed E-state index contributed by atoms with van der Waals surface area (Å²) in [6, 6.07) is 1.74. The molecule has 0 aliphatic carbocycles. The van der Waals surface area contributed by atoms with Gasteiger partial charge in [-0.1, -0.05) is 18.3 Å². The maximum Gasteiger partial charge on any atom is 0.192 e. The highest BCUT2D eigenvalue weighted by Gasteiger charge is 2.14. The van der Waals surface area contributed by atoms with E-state index in [1.807, 2.05) is 6.92 Å². The first-order valence-corrected chi connectivity index (χ1v) is 7.20. The number of nitrogens with one attached hydrogen (secondary N) is 2. The van der Waals surface area contributed by atoms with E-state index in [2.05, 4.69) is 34.3 Å². The lowest BCUT2D eigenvalue weighted by Gasteiger charge is -2.08. The van der Waals surface area contributed by atoms with E-state index in [1.165, 1.54) is 11.3 Å². The van der Waals surface area contributed by atoms with Crippen LogP contribution in [0.4, 0.5) is 0 Å². The van der Waals surface area contributed by atoms with Crippen LogP contribution in [0.5, 0.6) is 0 Å². The molecule has 0 fully saturated rings. The molecule has 2 N–H and O–H groups in total. The molecule has 0 saturated heterocycles. The molecule has 1 atom stereocenters. The average Bonchev–Trinajstić information content (AvgIpc) is 2.85. The number of pyridine rings is 1. The monoisotopic (exact) mass is 278 g/mol. The van der Waals surface area contributed by atoms with Crippen LogP contribution in [0.2, 0.25) is 0 Å². The summed E-state index contributed by atoms with van der Waals surface area (Å²) in [4.78, 5) is 14.9. The number of nitrogens with zero attached hydrogens (tertiary/aromatic N) is 2. The number of rotatable bonds is 5. The number of aromatic amines is 1. The Morgan fingerprint density at radius 1 is 1.47 bits per heavy atom. The van der Waals surface area contributed by atoms with Crippen LogP contribution >= 0.6 is 11.3 Å². The molecule has 5 nitrogen and oxygen atoms in total. The van der Waals surface area contributed by atoms with Crippen LogP contribution in [0.25, 0.3) is 10.6 Å². The van der Waals surface area contributed by atoms with Gasteiger partial charge in [-0.3, -0.25) is 4.79 Å². The average molecular weight is 278 g/mol. The minimum atomic E-state index is -0.0203. The van der Waals surface area contributed by atoms with Crippen molar-refractivity contribution in [2.75, 3.05) is 6.54 Å². The molecule has 19 heavy (non-hydrogen) atoms. The largest absolute Gasteiger partial charge is 0.364 e. The zero-order valence-electron chi connectivity index (χ0n) is 11.4. The summed E-state index contributed by atoms with van der Waals surface area (Å²) in [5.74, 6) is 0. The first kappa shape index (κ1) is 13.9. The summed E-state index contributed by atoms with van der Waals surface area (Å²) in [7, 11) is 0. The fourth-order valence-electron chi connectivity index (χ4n) is 1.71. The van der Waals surface area contributed by atoms with Gasteiger partial charge in [-0.25, -0.2) is 0 Å². The quantitative estimate of drug-likeness (QED) is 0.880. The lowest BCUT2D eigenvalue weighted by Crippen LogP contribution is -2.18. The van der Waals surface area contributed by atoms with Crippen molar-refractivity contribution in [1.29, 1.82) is 0 Å². The second-order valence-electron chi connectivity index (χ2n) is 4.52. The van der Waals surface area contributed by atoms with Gasteiger partial charge in [0.1, 0.15) is 5.01 Å². The van der Waals surface area contributed by atoms with E-state index in [-0.39, 0.29) is 11.5 Å². The van der Waals surface area contributed by atoms with Gasteiger partial charge < -0.3 is 10.3 Å². The number of aryl methyl sites for hydroxylation is 1. The number of hydrogen-bond donors (Lipinski definition) is 2. The zero-order valence-corrected chi connectivity index (χ0v) is 12.2. The molecule has 102 valence electrons. The Bertz CT molecular complexity index is 605. The maximum atomic E-state index is 11.9. The highest BCUT2D eigenvalue weighted by atomic mass is 32.1. The molecule has 0 saturated carbocycles. The Balaban J connectivity index is 2.23. The van der Waals surface area contributed by atoms with E-state index in [4.69, 9.17) is 0 Å². The number of aromatic nitrogens is 3. The van der Waals surface area contributed by atoms with Crippen molar-refractivity contribution in [2.45, 2.75) is 33.2 Å². The first-order chi connectivity index (χ1) is 9.11. The summed E-state index contributed by atoms with van der Waals surface area (Å²) >= 11 is 1.46. The first-order valence-electron chi connectivity index (χ1n) is 6.38. The molecule has 0 spiro atoms. The van der Waals surface area contributed by atoms with Gasteiger partial charge in [-0.05, 0) is 26.8 Å². The highest BCUT2D eigenvalue weighted by Crippen LogP contribution is 2.24. The predicted octanol–water partition coefficient (Wildman–Crippen LogP) is 2.26. The third kappa shape index (κ3) is 3.27. The predicted molar refractivity (Wildman–Crippen MR) is 77.4 cm³/mol. The van der Waals surface area contributed by atoms with Crippen LogP contribution in [0.3, 0.4) is 0 Å². The van der Waals surface area contributed by atoms with Crippen LogP contribution in [0, 0.1) is 6.92 Å². The smallest absolute Gasteiger partial charge is 0.192 e. The SMILES string of the molecule is CCCNC(C)c1nnc(-c2c[nH]c(C)cc2=O)s1. The van der Waals surface area contributed by atoms with Crippen molar-refractivity contribution < 1.29 is 0 Å². The van der Waals surface area contributed by atoms with Crippen molar-refractivity contribution >= 4 is 11.3 Å². The van der Waals surface area contributed by atoms with Gasteiger partial charge in [0.05, 0.1) is 11.6 Å². The maximum absolute atomic E-state index is 11.9. The van der Waals surface area contributed by atoms with Crippen LogP contribution in [0.1, 0.15) is 37.0 Å². The van der Waals surface area contributed by atoms with E-state index in [0.717, 1.165) is 23.7 Å². The van der Waals surface area contributed by atoms with E-state index < -0.39 is 0 Å². The number of H-pyrrole nitrogens is 1. The molecule has 2 heterocycles. The Morgan fingerprint density at radius 2 is 2.26 bits per heavy atom. The molecule has 0 radical (unpaired) electrons. The second-order valence-corrected chi connectivity index (χ2v) is 5.52. The summed E-state index contributed by atoms with van der Waals surface area (Å²) in [5, 5.41) is 13.2. The van der Waals surface area contributed by atoms with Gasteiger partial charge in [-0.15, -0.1) is 10.2 Å². The molecule has 2 aromatic rings. The molecule has 0 bridgehead atoms. The van der Waals surface area contributed by atoms with Crippen LogP contribution < -0.4 is 10.7 Å². The summed E-state index contributed by atoms with van der Waals surface area (Å²) < 4.78 is 0. The van der Waals surface area contributed by atoms with Gasteiger partial charge in [0, 0.05) is 18.0 Å². The summed E-state index contributed by atoms with van der Waals surface area (Å²) in [6.45, 7) is 6.98. The van der Waals surface area contributed by atoms with Gasteiger partial charge in [0.25, 0.3) is 0 Å². The molecule has 6 heteroatoms.